The molecule has 0 radical (unpaired) electrons. The van der Waals surface area contributed by atoms with Crippen LogP contribution in [0.4, 0.5) is 0 Å². The fourth-order valence-electron chi connectivity index (χ4n) is 1.81. The summed E-state index contributed by atoms with van der Waals surface area (Å²) in [5.74, 6) is -0.704. The Morgan fingerprint density at radius 1 is 1.23 bits per heavy atom. The number of aliphatic carboxylic acids is 1. The molecular formula is C17H22N2O3. The van der Waals surface area contributed by atoms with Gasteiger partial charge in [-0.25, -0.2) is 0 Å². The molecule has 0 heterocycles. The van der Waals surface area contributed by atoms with Crippen LogP contribution < -0.4 is 11.5 Å². The summed E-state index contributed by atoms with van der Waals surface area (Å²) in [6.07, 6.45) is 6.66. The highest BCUT2D eigenvalue weighted by Crippen LogP contribution is 2.17. The molecule has 22 heavy (non-hydrogen) atoms. The summed E-state index contributed by atoms with van der Waals surface area (Å²) in [6.45, 7) is 1.84. The van der Waals surface area contributed by atoms with Gasteiger partial charge in [0.05, 0.1) is 5.66 Å². The van der Waals surface area contributed by atoms with E-state index >= 15 is 0 Å². The zero-order valence-electron chi connectivity index (χ0n) is 12.7. The Kier molecular flexibility index (Phi) is 6.69. The molecule has 0 amide bonds. The van der Waals surface area contributed by atoms with Crippen molar-refractivity contribution in [3.05, 3.63) is 59.7 Å². The van der Waals surface area contributed by atoms with Gasteiger partial charge in [-0.2, -0.15) is 0 Å². The van der Waals surface area contributed by atoms with Crippen LogP contribution in [-0.4, -0.2) is 22.5 Å². The normalized spacial score (nSPS) is 15.3. The monoisotopic (exact) mass is 302 g/mol. The van der Waals surface area contributed by atoms with Crippen molar-refractivity contribution < 1.29 is 14.7 Å². The molecule has 1 aromatic carbocycles. The molecule has 2 rings (SSSR count). The second kappa shape index (κ2) is 8.26. The summed E-state index contributed by atoms with van der Waals surface area (Å²) in [4.78, 5) is 21.6. The zero-order chi connectivity index (χ0) is 16.6. The fourth-order valence-corrected chi connectivity index (χ4v) is 1.81. The number of Topliss-reactive ketones (excluding diaryl/α,β-unsaturated/α-hetero) is 1. The number of rotatable bonds is 4. The molecule has 0 atom stereocenters. The van der Waals surface area contributed by atoms with E-state index in [4.69, 9.17) is 16.6 Å². The Balaban J connectivity index is 0.000000346. The van der Waals surface area contributed by atoms with E-state index in [2.05, 4.69) is 0 Å². The lowest BCUT2D eigenvalue weighted by molar-refractivity contribution is -0.137. The van der Waals surface area contributed by atoms with Crippen molar-refractivity contribution in [3.63, 3.8) is 0 Å². The van der Waals surface area contributed by atoms with Crippen molar-refractivity contribution in [1.82, 2.24) is 0 Å². The van der Waals surface area contributed by atoms with Crippen molar-refractivity contribution in [2.75, 3.05) is 0 Å². The molecule has 0 spiro atoms. The van der Waals surface area contributed by atoms with Gasteiger partial charge in [0.25, 0.3) is 0 Å². The van der Waals surface area contributed by atoms with E-state index in [0.717, 1.165) is 6.42 Å². The summed E-state index contributed by atoms with van der Waals surface area (Å²) < 4.78 is 0. The highest BCUT2D eigenvalue weighted by molar-refractivity contribution is 6.10. The highest BCUT2D eigenvalue weighted by atomic mass is 16.4. The average Bonchev–Trinajstić information content (AvgIpc) is 2.48. The van der Waals surface area contributed by atoms with Gasteiger partial charge in [-0.1, -0.05) is 49.4 Å². The van der Waals surface area contributed by atoms with Crippen molar-refractivity contribution in [1.29, 1.82) is 0 Å². The summed E-state index contributed by atoms with van der Waals surface area (Å²) >= 11 is 0. The average molecular weight is 302 g/mol. The highest BCUT2D eigenvalue weighted by Gasteiger charge is 2.20. The van der Waals surface area contributed by atoms with Gasteiger partial charge >= 0.3 is 5.97 Å². The molecule has 1 aliphatic carbocycles. The quantitative estimate of drug-likeness (QED) is 0.584. The van der Waals surface area contributed by atoms with Crippen LogP contribution in [0, 0.1) is 0 Å². The van der Waals surface area contributed by atoms with Crippen LogP contribution in [0.5, 0.6) is 0 Å². The smallest absolute Gasteiger partial charge is 0.303 e. The summed E-state index contributed by atoms with van der Waals surface area (Å²) in [7, 11) is 0. The standard InChI is InChI=1S/C13H14N2O.C4H8O2/c14-13(15)8-6-11(7-9-13)12(16)10-4-2-1-3-5-10;1-2-3-4(5)6/h1-8H,9,14-15H2;2-3H2,1H3,(H,5,6). The lowest BCUT2D eigenvalue weighted by Crippen LogP contribution is -2.47. The molecule has 0 unspecified atom stereocenters. The van der Waals surface area contributed by atoms with Crippen LogP contribution >= 0.6 is 0 Å². The Morgan fingerprint density at radius 2 is 1.86 bits per heavy atom. The van der Waals surface area contributed by atoms with Gasteiger partial charge in [0.1, 0.15) is 0 Å². The molecule has 0 fully saturated rings. The minimum atomic E-state index is -0.819. The van der Waals surface area contributed by atoms with E-state index in [1.54, 1.807) is 30.4 Å². The van der Waals surface area contributed by atoms with Gasteiger partial charge in [0.2, 0.25) is 0 Å². The number of carbonyl (C=O) groups excluding carboxylic acids is 1. The topological polar surface area (TPSA) is 106 Å². The molecule has 1 aromatic rings. The third-order valence-electron chi connectivity index (χ3n) is 3.01. The predicted octanol–water partition coefficient (Wildman–Crippen LogP) is 2.24. The third-order valence-corrected chi connectivity index (χ3v) is 3.01. The van der Waals surface area contributed by atoms with Gasteiger partial charge in [-0.15, -0.1) is 0 Å². The van der Waals surface area contributed by atoms with Gasteiger partial charge < -0.3 is 16.6 Å². The third kappa shape index (κ3) is 6.03. The lowest BCUT2D eigenvalue weighted by Gasteiger charge is -2.22. The minimum Gasteiger partial charge on any atom is -0.481 e. The molecule has 0 bridgehead atoms. The Hall–Kier alpha value is -2.24. The molecule has 5 nitrogen and oxygen atoms in total. The number of nitrogens with two attached hydrogens (primary N) is 2. The maximum Gasteiger partial charge on any atom is 0.303 e. The first-order chi connectivity index (χ1) is 10.4. The number of hydrogen-bond acceptors (Lipinski definition) is 4. The van der Waals surface area contributed by atoms with Crippen LogP contribution in [0.1, 0.15) is 36.5 Å². The van der Waals surface area contributed by atoms with E-state index in [1.165, 1.54) is 0 Å². The molecule has 0 saturated carbocycles. The van der Waals surface area contributed by atoms with E-state index < -0.39 is 11.6 Å². The van der Waals surface area contributed by atoms with Gasteiger partial charge in [-0.05, 0) is 12.5 Å². The second-order valence-corrected chi connectivity index (χ2v) is 5.15. The Bertz CT molecular complexity index is 575. The van der Waals surface area contributed by atoms with E-state index in [1.807, 2.05) is 25.1 Å². The van der Waals surface area contributed by atoms with E-state index in [0.29, 0.717) is 24.0 Å². The zero-order valence-corrected chi connectivity index (χ0v) is 12.7. The molecule has 5 heteroatoms. The number of ketones is 1. The number of carboxylic acid groups (broad SMARTS) is 1. The van der Waals surface area contributed by atoms with E-state index in [-0.39, 0.29) is 5.78 Å². The van der Waals surface area contributed by atoms with Gasteiger partial charge in [0, 0.05) is 24.0 Å². The van der Waals surface area contributed by atoms with Crippen molar-refractivity contribution in [3.8, 4) is 0 Å². The summed E-state index contributed by atoms with van der Waals surface area (Å²) in [6, 6.07) is 9.16. The van der Waals surface area contributed by atoms with E-state index in [9.17, 15) is 9.59 Å². The fraction of sp³-hybridized carbons (Fsp3) is 0.294. The van der Waals surface area contributed by atoms with Crippen LogP contribution in [-0.2, 0) is 4.79 Å². The molecule has 0 saturated heterocycles. The maximum atomic E-state index is 12.0. The number of benzene rings is 1. The largest absolute Gasteiger partial charge is 0.481 e. The second-order valence-electron chi connectivity index (χ2n) is 5.15. The number of carbonyl (C=O) groups is 2. The van der Waals surface area contributed by atoms with Gasteiger partial charge in [0.15, 0.2) is 5.78 Å². The first kappa shape index (κ1) is 17.8. The number of allylic oxidation sites excluding steroid dienone is 2. The van der Waals surface area contributed by atoms with Crippen LogP contribution in [0.15, 0.2) is 54.1 Å². The van der Waals surface area contributed by atoms with Crippen LogP contribution in [0.3, 0.4) is 0 Å². The molecule has 0 aromatic heterocycles. The first-order valence-electron chi connectivity index (χ1n) is 7.14. The van der Waals surface area contributed by atoms with Crippen LogP contribution in [0.25, 0.3) is 0 Å². The first-order valence-corrected chi connectivity index (χ1v) is 7.14. The predicted molar refractivity (Wildman–Crippen MR) is 86.3 cm³/mol. The summed E-state index contributed by atoms with van der Waals surface area (Å²) in [5, 5.41) is 7.91. The summed E-state index contributed by atoms with van der Waals surface area (Å²) in [5.41, 5.74) is 11.9. The van der Waals surface area contributed by atoms with Crippen molar-refractivity contribution >= 4 is 11.8 Å². The molecule has 0 aliphatic heterocycles. The number of hydrogen-bond donors (Lipinski definition) is 3. The van der Waals surface area contributed by atoms with Gasteiger partial charge in [-0.3, -0.25) is 9.59 Å². The SMILES string of the molecule is CCCC(=O)O.NC1(N)C=CC(C(=O)c2ccccc2)=CC1. The van der Waals surface area contributed by atoms with Crippen LogP contribution in [0.2, 0.25) is 0 Å². The lowest BCUT2D eigenvalue weighted by atomic mass is 9.94. The molecule has 5 N–H and O–H groups in total. The van der Waals surface area contributed by atoms with Crippen molar-refractivity contribution in [2.45, 2.75) is 31.8 Å². The minimum absolute atomic E-state index is 0.00681. The molecule has 1 aliphatic rings. The number of carboxylic acids is 1. The van der Waals surface area contributed by atoms with Crippen molar-refractivity contribution in [2.24, 2.45) is 11.5 Å². The molecular weight excluding hydrogens is 280 g/mol. The Labute approximate surface area is 130 Å². The Morgan fingerprint density at radius 3 is 2.27 bits per heavy atom. The molecule has 118 valence electrons. The maximum absolute atomic E-state index is 12.0.